The summed E-state index contributed by atoms with van der Waals surface area (Å²) < 4.78 is 29.8. The first kappa shape index (κ1) is 17.2. The van der Waals surface area contributed by atoms with Crippen LogP contribution in [0.1, 0.15) is 22.4 Å². The molecular weight excluding hydrogens is 334 g/mol. The molecule has 6 heteroatoms. The van der Waals surface area contributed by atoms with Crippen LogP contribution in [-0.4, -0.2) is 18.2 Å². The van der Waals surface area contributed by atoms with Crippen molar-refractivity contribution in [2.75, 3.05) is 4.72 Å². The van der Waals surface area contributed by atoms with E-state index in [4.69, 9.17) is 0 Å². The Morgan fingerprint density at radius 3 is 2.28 bits per heavy atom. The van der Waals surface area contributed by atoms with E-state index >= 15 is 0 Å². The fourth-order valence-corrected chi connectivity index (χ4v) is 4.09. The second-order valence-electron chi connectivity index (χ2n) is 6.24. The average molecular weight is 355 g/mol. The normalized spacial score (nSPS) is 11.5. The van der Waals surface area contributed by atoms with E-state index in [-0.39, 0.29) is 4.90 Å². The van der Waals surface area contributed by atoms with Crippen LogP contribution in [0.4, 0.5) is 5.69 Å². The average Bonchev–Trinajstić information content (AvgIpc) is 2.88. The molecule has 0 aliphatic carbocycles. The molecule has 5 nitrogen and oxygen atoms in total. The van der Waals surface area contributed by atoms with Gasteiger partial charge >= 0.3 is 0 Å². The van der Waals surface area contributed by atoms with Gasteiger partial charge in [0.15, 0.2) is 0 Å². The molecule has 0 spiro atoms. The molecule has 0 amide bonds. The van der Waals surface area contributed by atoms with Crippen molar-refractivity contribution in [2.45, 2.75) is 32.2 Å². The van der Waals surface area contributed by atoms with Gasteiger partial charge in [-0.1, -0.05) is 36.4 Å². The highest BCUT2D eigenvalue weighted by molar-refractivity contribution is 7.92. The lowest BCUT2D eigenvalue weighted by Crippen LogP contribution is -2.13. The van der Waals surface area contributed by atoms with Gasteiger partial charge in [0, 0.05) is 11.9 Å². The third-order valence-electron chi connectivity index (χ3n) is 3.85. The summed E-state index contributed by atoms with van der Waals surface area (Å²) in [6.45, 7) is 6.11. The molecule has 0 atom stereocenters. The van der Waals surface area contributed by atoms with E-state index in [2.05, 4.69) is 9.82 Å². The zero-order valence-corrected chi connectivity index (χ0v) is 15.3. The second kappa shape index (κ2) is 6.72. The Kier molecular flexibility index (Phi) is 4.63. The van der Waals surface area contributed by atoms with E-state index in [0.29, 0.717) is 17.9 Å². The molecule has 0 aliphatic heterocycles. The number of hydrogen-bond acceptors (Lipinski definition) is 3. The molecule has 130 valence electrons. The van der Waals surface area contributed by atoms with Crippen molar-refractivity contribution < 1.29 is 8.42 Å². The van der Waals surface area contributed by atoms with Crippen LogP contribution in [-0.2, 0) is 16.6 Å². The predicted molar refractivity (Wildman–Crippen MR) is 99.2 cm³/mol. The molecule has 25 heavy (non-hydrogen) atoms. The van der Waals surface area contributed by atoms with Crippen molar-refractivity contribution in [1.29, 1.82) is 0 Å². The molecular formula is C19H21N3O2S. The Balaban J connectivity index is 1.87. The van der Waals surface area contributed by atoms with Gasteiger partial charge < -0.3 is 0 Å². The van der Waals surface area contributed by atoms with E-state index in [0.717, 1.165) is 16.7 Å². The zero-order valence-electron chi connectivity index (χ0n) is 14.5. The largest absolute Gasteiger partial charge is 0.280 e. The molecule has 2 aromatic carbocycles. The van der Waals surface area contributed by atoms with Gasteiger partial charge in [-0.3, -0.25) is 9.40 Å². The summed E-state index contributed by atoms with van der Waals surface area (Å²) in [6.07, 6.45) is 1.58. The van der Waals surface area contributed by atoms with Gasteiger partial charge in [0.05, 0.1) is 12.2 Å². The quantitative estimate of drug-likeness (QED) is 0.760. The van der Waals surface area contributed by atoms with Gasteiger partial charge in [-0.15, -0.1) is 0 Å². The van der Waals surface area contributed by atoms with Crippen LogP contribution in [0, 0.1) is 20.8 Å². The summed E-state index contributed by atoms with van der Waals surface area (Å²) in [4.78, 5) is 0.197. The third kappa shape index (κ3) is 4.09. The third-order valence-corrected chi connectivity index (χ3v) is 5.34. The molecule has 0 saturated heterocycles. The second-order valence-corrected chi connectivity index (χ2v) is 7.89. The van der Waals surface area contributed by atoms with Crippen molar-refractivity contribution in [3.63, 3.8) is 0 Å². The van der Waals surface area contributed by atoms with Crippen LogP contribution in [0.3, 0.4) is 0 Å². The summed E-state index contributed by atoms with van der Waals surface area (Å²) >= 11 is 0. The summed E-state index contributed by atoms with van der Waals surface area (Å²) in [5.74, 6) is 0. The van der Waals surface area contributed by atoms with Gasteiger partial charge in [0.1, 0.15) is 4.90 Å². The minimum absolute atomic E-state index is 0.197. The fraction of sp³-hybridized carbons (Fsp3) is 0.211. The summed E-state index contributed by atoms with van der Waals surface area (Å²) in [7, 11) is -3.68. The molecule has 0 fully saturated rings. The summed E-state index contributed by atoms with van der Waals surface area (Å²) in [5, 5.41) is 4.35. The predicted octanol–water partition coefficient (Wildman–Crippen LogP) is 3.66. The number of anilines is 1. The molecule has 0 unspecified atom stereocenters. The van der Waals surface area contributed by atoms with Crippen molar-refractivity contribution in [3.8, 4) is 0 Å². The maximum atomic E-state index is 12.7. The lowest BCUT2D eigenvalue weighted by atomic mass is 10.1. The van der Waals surface area contributed by atoms with Gasteiger partial charge in [-0.2, -0.15) is 5.10 Å². The highest BCUT2D eigenvalue weighted by Gasteiger charge is 2.20. The lowest BCUT2D eigenvalue weighted by molar-refractivity contribution is 0.600. The fourth-order valence-electron chi connectivity index (χ4n) is 2.86. The minimum atomic E-state index is -3.68. The SMILES string of the molecule is Cc1cc(C)cc(NS(=O)(=O)c2cn(Cc3ccccc3)nc2C)c1. The molecule has 1 N–H and O–H groups in total. The zero-order chi connectivity index (χ0) is 18.0. The van der Waals surface area contributed by atoms with Crippen LogP contribution >= 0.6 is 0 Å². The number of aryl methyl sites for hydroxylation is 3. The molecule has 3 rings (SSSR count). The molecule has 0 radical (unpaired) electrons. The smallest absolute Gasteiger partial charge is 0.265 e. The number of sulfonamides is 1. The van der Waals surface area contributed by atoms with E-state index in [9.17, 15) is 8.42 Å². The van der Waals surface area contributed by atoms with Crippen molar-refractivity contribution >= 4 is 15.7 Å². The Labute approximate surface area is 148 Å². The van der Waals surface area contributed by atoms with E-state index in [1.807, 2.05) is 62.4 Å². The van der Waals surface area contributed by atoms with E-state index in [1.165, 1.54) is 0 Å². The van der Waals surface area contributed by atoms with Crippen LogP contribution in [0.15, 0.2) is 59.6 Å². The molecule has 0 saturated carbocycles. The highest BCUT2D eigenvalue weighted by atomic mass is 32.2. The number of nitrogens with zero attached hydrogens (tertiary/aromatic N) is 2. The maximum Gasteiger partial charge on any atom is 0.265 e. The first-order valence-electron chi connectivity index (χ1n) is 8.02. The van der Waals surface area contributed by atoms with Gasteiger partial charge in [0.2, 0.25) is 0 Å². The topological polar surface area (TPSA) is 64.0 Å². The van der Waals surface area contributed by atoms with Crippen LogP contribution < -0.4 is 4.72 Å². The van der Waals surface area contributed by atoms with Crippen LogP contribution in [0.25, 0.3) is 0 Å². The van der Waals surface area contributed by atoms with Crippen LogP contribution in [0.5, 0.6) is 0 Å². The Morgan fingerprint density at radius 2 is 1.64 bits per heavy atom. The minimum Gasteiger partial charge on any atom is -0.280 e. The number of benzene rings is 2. The van der Waals surface area contributed by atoms with Crippen molar-refractivity contribution in [1.82, 2.24) is 9.78 Å². The lowest BCUT2D eigenvalue weighted by Gasteiger charge is -2.09. The highest BCUT2D eigenvalue weighted by Crippen LogP contribution is 2.21. The van der Waals surface area contributed by atoms with Gasteiger partial charge in [-0.25, -0.2) is 8.42 Å². The van der Waals surface area contributed by atoms with E-state index < -0.39 is 10.0 Å². The summed E-state index contributed by atoms with van der Waals surface area (Å²) in [6, 6.07) is 15.4. The van der Waals surface area contributed by atoms with E-state index in [1.54, 1.807) is 17.8 Å². The molecule has 3 aromatic rings. The van der Waals surface area contributed by atoms with Crippen LogP contribution in [0.2, 0.25) is 0 Å². The number of hydrogen-bond donors (Lipinski definition) is 1. The van der Waals surface area contributed by atoms with Crippen molar-refractivity contribution in [2.24, 2.45) is 0 Å². The molecule has 1 heterocycles. The van der Waals surface area contributed by atoms with Gasteiger partial charge in [0.25, 0.3) is 10.0 Å². The maximum absolute atomic E-state index is 12.7. The monoisotopic (exact) mass is 355 g/mol. The number of rotatable bonds is 5. The Hall–Kier alpha value is -2.60. The number of nitrogens with one attached hydrogen (secondary N) is 1. The standard InChI is InChI=1S/C19H21N3O2S/c1-14-9-15(2)11-18(10-14)21-25(23,24)19-13-22(20-16(19)3)12-17-7-5-4-6-8-17/h4-11,13,21H,12H2,1-3H3. The molecule has 0 aliphatic rings. The number of aromatic nitrogens is 2. The first-order chi connectivity index (χ1) is 11.8. The molecule has 1 aromatic heterocycles. The Bertz CT molecular complexity index is 973. The first-order valence-corrected chi connectivity index (χ1v) is 9.51. The Morgan fingerprint density at radius 1 is 1.00 bits per heavy atom. The van der Waals surface area contributed by atoms with Crippen molar-refractivity contribution in [3.05, 3.63) is 77.1 Å². The molecule has 0 bridgehead atoms. The van der Waals surface area contributed by atoms with Gasteiger partial charge in [-0.05, 0) is 49.6 Å². The summed E-state index contributed by atoms with van der Waals surface area (Å²) in [5.41, 5.74) is 4.13.